The summed E-state index contributed by atoms with van der Waals surface area (Å²) in [5, 5.41) is 15.6. The number of likely N-dealkylation sites (N-methyl/N-ethyl adjacent to an activating group) is 1. The SMILES string of the molecule is C=CC(=O)OCCN(CC)CC.O=C(O)/C=C\C(=O)O. The molecule has 0 aliphatic heterocycles. The number of carbonyl (C=O) groups excluding carboxylic acids is 1. The molecule has 7 nitrogen and oxygen atoms in total. The van der Waals surface area contributed by atoms with Gasteiger partial charge in [0.1, 0.15) is 6.61 Å². The minimum atomic E-state index is -1.26. The van der Waals surface area contributed by atoms with Crippen molar-refractivity contribution in [2.24, 2.45) is 0 Å². The summed E-state index contributed by atoms with van der Waals surface area (Å²) in [5.41, 5.74) is 0. The molecule has 0 unspecified atom stereocenters. The van der Waals surface area contributed by atoms with Crippen molar-refractivity contribution in [1.29, 1.82) is 0 Å². The van der Waals surface area contributed by atoms with Gasteiger partial charge in [-0.1, -0.05) is 20.4 Å². The number of hydrogen-bond donors (Lipinski definition) is 2. The van der Waals surface area contributed by atoms with Crippen molar-refractivity contribution in [3.05, 3.63) is 24.8 Å². The van der Waals surface area contributed by atoms with Gasteiger partial charge in [0.15, 0.2) is 0 Å². The van der Waals surface area contributed by atoms with E-state index in [1.165, 1.54) is 6.08 Å². The van der Waals surface area contributed by atoms with E-state index in [1.807, 2.05) is 0 Å². The molecule has 0 fully saturated rings. The van der Waals surface area contributed by atoms with Gasteiger partial charge in [-0.25, -0.2) is 14.4 Å². The number of carboxylic acids is 2. The van der Waals surface area contributed by atoms with Crippen LogP contribution in [0.2, 0.25) is 0 Å². The molecule has 0 amide bonds. The third-order valence-electron chi connectivity index (χ3n) is 2.08. The molecular weight excluding hydrogens is 266 g/mol. The molecule has 20 heavy (non-hydrogen) atoms. The Morgan fingerprint density at radius 1 is 1.10 bits per heavy atom. The summed E-state index contributed by atoms with van der Waals surface area (Å²) in [6.07, 6.45) is 2.30. The molecule has 0 aliphatic rings. The van der Waals surface area contributed by atoms with Crippen LogP contribution < -0.4 is 0 Å². The summed E-state index contributed by atoms with van der Waals surface area (Å²) in [7, 11) is 0. The standard InChI is InChI=1S/C9H17NO2.C4H4O4/c1-4-9(11)12-8-7-10(5-2)6-3;5-3(6)1-2-4(7)8/h4H,1,5-8H2,2-3H3;1-2H,(H,5,6)(H,7,8)/b;2-1-. The Labute approximate surface area is 118 Å². The number of carboxylic acid groups (broad SMARTS) is 2. The van der Waals surface area contributed by atoms with Crippen molar-refractivity contribution >= 4 is 17.9 Å². The van der Waals surface area contributed by atoms with Crippen molar-refractivity contribution in [1.82, 2.24) is 4.90 Å². The topological polar surface area (TPSA) is 104 Å². The summed E-state index contributed by atoms with van der Waals surface area (Å²) in [6.45, 7) is 10.7. The van der Waals surface area contributed by atoms with Gasteiger partial charge in [0, 0.05) is 24.8 Å². The van der Waals surface area contributed by atoms with Gasteiger partial charge in [-0.3, -0.25) is 0 Å². The molecule has 0 rings (SSSR count). The van der Waals surface area contributed by atoms with E-state index in [-0.39, 0.29) is 5.97 Å². The van der Waals surface area contributed by atoms with E-state index in [9.17, 15) is 14.4 Å². The molecule has 0 aromatic heterocycles. The number of carbonyl (C=O) groups is 3. The van der Waals surface area contributed by atoms with Gasteiger partial charge < -0.3 is 19.8 Å². The van der Waals surface area contributed by atoms with Crippen LogP contribution in [-0.2, 0) is 19.1 Å². The lowest BCUT2D eigenvalue weighted by Crippen LogP contribution is -2.27. The Bertz CT molecular complexity index is 331. The van der Waals surface area contributed by atoms with Gasteiger partial charge in [0.25, 0.3) is 0 Å². The molecule has 0 saturated carbocycles. The predicted octanol–water partition coefficient (Wildman–Crippen LogP) is 0.769. The van der Waals surface area contributed by atoms with E-state index >= 15 is 0 Å². The molecule has 0 bridgehead atoms. The van der Waals surface area contributed by atoms with Crippen LogP contribution in [0, 0.1) is 0 Å². The Hall–Kier alpha value is -2.15. The fraction of sp³-hybridized carbons (Fsp3) is 0.462. The van der Waals surface area contributed by atoms with Gasteiger partial charge in [0.05, 0.1) is 0 Å². The van der Waals surface area contributed by atoms with Crippen LogP contribution in [0.3, 0.4) is 0 Å². The second kappa shape index (κ2) is 13.3. The molecule has 0 aliphatic carbocycles. The summed E-state index contributed by atoms with van der Waals surface area (Å²) in [4.78, 5) is 31.9. The van der Waals surface area contributed by atoms with Crippen molar-refractivity contribution in [3.63, 3.8) is 0 Å². The molecule has 0 spiro atoms. The highest BCUT2D eigenvalue weighted by atomic mass is 16.5. The minimum Gasteiger partial charge on any atom is -0.478 e. The Morgan fingerprint density at radius 2 is 1.55 bits per heavy atom. The van der Waals surface area contributed by atoms with E-state index in [4.69, 9.17) is 14.9 Å². The molecule has 0 radical (unpaired) electrons. The summed E-state index contributed by atoms with van der Waals surface area (Å²) in [5.74, 6) is -2.86. The van der Waals surface area contributed by atoms with Gasteiger partial charge in [-0.15, -0.1) is 0 Å². The molecule has 0 aromatic rings. The van der Waals surface area contributed by atoms with E-state index in [1.54, 1.807) is 0 Å². The van der Waals surface area contributed by atoms with E-state index in [2.05, 4.69) is 25.3 Å². The highest BCUT2D eigenvalue weighted by molar-refractivity contribution is 5.89. The average Bonchev–Trinajstić information content (AvgIpc) is 2.41. The van der Waals surface area contributed by atoms with Crippen LogP contribution in [0.5, 0.6) is 0 Å². The molecule has 0 atom stereocenters. The van der Waals surface area contributed by atoms with Crippen molar-refractivity contribution in [2.45, 2.75) is 13.8 Å². The monoisotopic (exact) mass is 287 g/mol. The normalized spacial score (nSPS) is 9.75. The number of aliphatic carboxylic acids is 2. The zero-order valence-electron chi connectivity index (χ0n) is 11.7. The maximum atomic E-state index is 10.6. The number of nitrogens with zero attached hydrogens (tertiary/aromatic N) is 1. The zero-order valence-corrected chi connectivity index (χ0v) is 11.7. The van der Waals surface area contributed by atoms with Gasteiger partial charge in [-0.05, 0) is 13.1 Å². The van der Waals surface area contributed by atoms with Crippen LogP contribution in [0.25, 0.3) is 0 Å². The van der Waals surface area contributed by atoms with Crippen LogP contribution in [0.1, 0.15) is 13.8 Å². The molecule has 0 aromatic carbocycles. The summed E-state index contributed by atoms with van der Waals surface area (Å²) >= 11 is 0. The van der Waals surface area contributed by atoms with Crippen molar-refractivity contribution < 1.29 is 29.3 Å². The minimum absolute atomic E-state index is 0.345. The summed E-state index contributed by atoms with van der Waals surface area (Å²) < 4.78 is 4.83. The Kier molecular flexibility index (Phi) is 13.4. The first kappa shape index (κ1) is 20.2. The second-order valence-corrected chi connectivity index (χ2v) is 3.41. The number of rotatable bonds is 8. The third kappa shape index (κ3) is 15.9. The first-order chi connectivity index (χ1) is 9.37. The second-order valence-electron chi connectivity index (χ2n) is 3.41. The Morgan fingerprint density at radius 3 is 1.85 bits per heavy atom. The fourth-order valence-corrected chi connectivity index (χ4v) is 1.02. The highest BCUT2D eigenvalue weighted by Crippen LogP contribution is 1.87. The molecular formula is C13H21NO6. The lowest BCUT2D eigenvalue weighted by molar-refractivity contribution is -0.138. The molecule has 7 heteroatoms. The number of ether oxygens (including phenoxy) is 1. The molecule has 0 saturated heterocycles. The van der Waals surface area contributed by atoms with Crippen molar-refractivity contribution in [3.8, 4) is 0 Å². The Balaban J connectivity index is 0. The lowest BCUT2D eigenvalue weighted by Gasteiger charge is -2.16. The van der Waals surface area contributed by atoms with E-state index in [0.29, 0.717) is 18.8 Å². The predicted molar refractivity (Wildman–Crippen MR) is 73.4 cm³/mol. The zero-order chi connectivity index (χ0) is 16.0. The number of hydrogen-bond acceptors (Lipinski definition) is 5. The highest BCUT2D eigenvalue weighted by Gasteiger charge is 1.99. The van der Waals surface area contributed by atoms with Crippen LogP contribution >= 0.6 is 0 Å². The van der Waals surface area contributed by atoms with Gasteiger partial charge >= 0.3 is 17.9 Å². The molecule has 2 N–H and O–H groups in total. The van der Waals surface area contributed by atoms with Crippen LogP contribution in [0.4, 0.5) is 0 Å². The van der Waals surface area contributed by atoms with Crippen LogP contribution in [0.15, 0.2) is 24.8 Å². The molecule has 114 valence electrons. The van der Waals surface area contributed by atoms with Gasteiger partial charge in [-0.2, -0.15) is 0 Å². The quantitative estimate of drug-likeness (QED) is 0.502. The van der Waals surface area contributed by atoms with Crippen molar-refractivity contribution in [2.75, 3.05) is 26.2 Å². The maximum Gasteiger partial charge on any atom is 0.330 e. The number of esters is 1. The van der Waals surface area contributed by atoms with Crippen LogP contribution in [-0.4, -0.2) is 59.3 Å². The van der Waals surface area contributed by atoms with E-state index < -0.39 is 11.9 Å². The van der Waals surface area contributed by atoms with E-state index in [0.717, 1.165) is 19.6 Å². The largest absolute Gasteiger partial charge is 0.478 e. The first-order valence-corrected chi connectivity index (χ1v) is 6.02. The average molecular weight is 287 g/mol. The third-order valence-corrected chi connectivity index (χ3v) is 2.08. The fourth-order valence-electron chi connectivity index (χ4n) is 1.02. The first-order valence-electron chi connectivity index (χ1n) is 6.02. The lowest BCUT2D eigenvalue weighted by atomic mass is 10.5. The smallest absolute Gasteiger partial charge is 0.330 e. The maximum absolute atomic E-state index is 10.6. The van der Waals surface area contributed by atoms with Gasteiger partial charge in [0.2, 0.25) is 0 Å². The summed E-state index contributed by atoms with van der Waals surface area (Å²) in [6, 6.07) is 0. The molecule has 0 heterocycles.